The number of rotatable bonds is 4. The van der Waals surface area contributed by atoms with E-state index in [4.69, 9.17) is 4.74 Å². The zero-order valence-corrected chi connectivity index (χ0v) is 16.3. The van der Waals surface area contributed by atoms with Crippen LogP contribution < -0.4 is 5.32 Å². The van der Waals surface area contributed by atoms with E-state index in [0.717, 1.165) is 31.6 Å². The molecule has 4 aliphatic heterocycles. The normalized spacial score (nSPS) is 36.9. The molecule has 1 aromatic carbocycles. The molecule has 2 bridgehead atoms. The second-order valence-electron chi connectivity index (χ2n) is 9.07. The molecule has 0 radical (unpaired) electrons. The average Bonchev–Trinajstić information content (AvgIpc) is 3.36. The van der Waals surface area contributed by atoms with E-state index in [9.17, 15) is 4.79 Å². The number of carbonyl (C=O) groups is 1. The van der Waals surface area contributed by atoms with Crippen molar-refractivity contribution in [3.8, 4) is 0 Å². The number of carbonyl (C=O) groups excluding carboxylic acids is 1. The molecular formula is C22H31N3O2. The summed E-state index contributed by atoms with van der Waals surface area (Å²) in [6.07, 6.45) is 5.25. The molecule has 1 N–H and O–H groups in total. The molecule has 4 fully saturated rings. The van der Waals surface area contributed by atoms with Crippen molar-refractivity contribution in [1.82, 2.24) is 15.1 Å². The summed E-state index contributed by atoms with van der Waals surface area (Å²) in [5, 5.41) is 3.19. The number of hydrogen-bond donors (Lipinski definition) is 1. The number of fused-ring (bicyclic) bond motifs is 1. The number of nitrogens with one attached hydrogen (secondary N) is 1. The summed E-state index contributed by atoms with van der Waals surface area (Å²) in [5.41, 5.74) is 0.812. The van der Waals surface area contributed by atoms with Crippen LogP contribution in [-0.4, -0.2) is 73.2 Å². The van der Waals surface area contributed by atoms with Gasteiger partial charge in [0.25, 0.3) is 5.91 Å². The van der Waals surface area contributed by atoms with Crippen molar-refractivity contribution in [2.75, 3.05) is 39.8 Å². The van der Waals surface area contributed by atoms with Crippen molar-refractivity contribution >= 4 is 5.91 Å². The number of hydrogen-bond acceptors (Lipinski definition) is 4. The van der Waals surface area contributed by atoms with Crippen LogP contribution >= 0.6 is 0 Å². The number of nitrogens with zero attached hydrogens (tertiary/aromatic N) is 2. The van der Waals surface area contributed by atoms with Gasteiger partial charge in [-0.2, -0.15) is 0 Å². The van der Waals surface area contributed by atoms with E-state index in [1.54, 1.807) is 0 Å². The van der Waals surface area contributed by atoms with E-state index in [-0.39, 0.29) is 11.5 Å². The van der Waals surface area contributed by atoms with Gasteiger partial charge in [0.2, 0.25) is 0 Å². The van der Waals surface area contributed by atoms with Gasteiger partial charge in [0.15, 0.2) is 0 Å². The molecule has 4 saturated heterocycles. The first-order chi connectivity index (χ1) is 13.1. The van der Waals surface area contributed by atoms with E-state index < -0.39 is 0 Å². The van der Waals surface area contributed by atoms with Crippen molar-refractivity contribution < 1.29 is 9.53 Å². The first kappa shape index (κ1) is 17.7. The Labute approximate surface area is 162 Å². The molecule has 0 aromatic heterocycles. The molecule has 5 heteroatoms. The van der Waals surface area contributed by atoms with E-state index in [0.29, 0.717) is 24.0 Å². The van der Waals surface area contributed by atoms with Crippen molar-refractivity contribution in [2.24, 2.45) is 11.8 Å². The highest BCUT2D eigenvalue weighted by Gasteiger charge is 2.63. The quantitative estimate of drug-likeness (QED) is 0.882. The topological polar surface area (TPSA) is 44.8 Å². The van der Waals surface area contributed by atoms with Crippen molar-refractivity contribution in [1.29, 1.82) is 0 Å². The van der Waals surface area contributed by atoms with Crippen LogP contribution in [0.4, 0.5) is 0 Å². The van der Waals surface area contributed by atoms with E-state index >= 15 is 0 Å². The molecule has 0 aliphatic carbocycles. The van der Waals surface area contributed by atoms with E-state index in [2.05, 4.69) is 22.2 Å². The second kappa shape index (κ2) is 6.87. The Morgan fingerprint density at radius 3 is 2.78 bits per heavy atom. The summed E-state index contributed by atoms with van der Waals surface area (Å²) in [7, 11) is 2.23. The van der Waals surface area contributed by atoms with Crippen LogP contribution in [-0.2, 0) is 4.74 Å². The maximum absolute atomic E-state index is 12.5. The van der Waals surface area contributed by atoms with Crippen LogP contribution in [0, 0.1) is 11.8 Å². The third-order valence-electron chi connectivity index (χ3n) is 7.55. The van der Waals surface area contributed by atoms with Gasteiger partial charge >= 0.3 is 0 Å². The molecule has 0 unspecified atom stereocenters. The fraction of sp³-hybridized carbons (Fsp3) is 0.682. The van der Waals surface area contributed by atoms with Gasteiger partial charge in [-0.3, -0.25) is 9.69 Å². The van der Waals surface area contributed by atoms with Crippen molar-refractivity contribution in [3.05, 3.63) is 35.9 Å². The first-order valence-corrected chi connectivity index (χ1v) is 10.6. The SMILES string of the molecule is CN1CCC(N2C[C@@H]3[C@H](CNC(=O)c4ccccc4)[C@H]4CC[C@]3(C2)O4)CC1. The van der Waals surface area contributed by atoms with Gasteiger partial charge in [-0.1, -0.05) is 18.2 Å². The van der Waals surface area contributed by atoms with Gasteiger partial charge in [-0.05, 0) is 58.0 Å². The molecule has 4 heterocycles. The third-order valence-corrected chi connectivity index (χ3v) is 7.55. The molecule has 1 spiro atoms. The smallest absolute Gasteiger partial charge is 0.251 e. The molecular weight excluding hydrogens is 338 g/mol. The monoisotopic (exact) mass is 369 g/mol. The third kappa shape index (κ3) is 3.10. The molecule has 146 valence electrons. The summed E-state index contributed by atoms with van der Waals surface area (Å²) in [6, 6.07) is 10.3. The summed E-state index contributed by atoms with van der Waals surface area (Å²) >= 11 is 0. The summed E-state index contributed by atoms with van der Waals surface area (Å²) in [4.78, 5) is 17.6. The number of ether oxygens (including phenoxy) is 1. The average molecular weight is 370 g/mol. The molecule has 1 aromatic rings. The lowest BCUT2D eigenvalue weighted by molar-refractivity contribution is -0.00416. The number of benzene rings is 1. The highest BCUT2D eigenvalue weighted by molar-refractivity contribution is 5.94. The predicted molar refractivity (Wildman–Crippen MR) is 105 cm³/mol. The zero-order chi connectivity index (χ0) is 18.4. The maximum atomic E-state index is 12.5. The molecule has 4 atom stereocenters. The van der Waals surface area contributed by atoms with E-state index in [1.165, 1.54) is 32.4 Å². The predicted octanol–water partition coefficient (Wildman–Crippen LogP) is 1.99. The Balaban J connectivity index is 1.24. The standard InChI is InChI=1S/C22H31N3O2/c1-24-11-8-17(9-12-24)25-14-19-18(20-7-10-22(19,15-25)27-20)13-23-21(26)16-5-3-2-4-6-16/h2-6,17-20H,7-15H2,1H3,(H,23,26)/t18-,19+,20+,22+/m0/s1. The highest BCUT2D eigenvalue weighted by Crippen LogP contribution is 2.55. The van der Waals surface area contributed by atoms with Crippen LogP contribution in [0.15, 0.2) is 30.3 Å². The molecule has 1 amide bonds. The second-order valence-corrected chi connectivity index (χ2v) is 9.07. The lowest BCUT2D eigenvalue weighted by Gasteiger charge is -2.36. The minimum atomic E-state index is 0.0394. The molecule has 5 nitrogen and oxygen atoms in total. The Morgan fingerprint density at radius 2 is 2.00 bits per heavy atom. The van der Waals surface area contributed by atoms with Crippen molar-refractivity contribution in [2.45, 2.75) is 43.4 Å². The Bertz CT molecular complexity index is 688. The van der Waals surface area contributed by atoms with Gasteiger partial charge in [0.05, 0.1) is 11.7 Å². The lowest BCUT2D eigenvalue weighted by atomic mass is 9.73. The summed E-state index contributed by atoms with van der Waals surface area (Å²) in [5.74, 6) is 1.08. The Morgan fingerprint density at radius 1 is 1.22 bits per heavy atom. The van der Waals surface area contributed by atoms with Crippen LogP contribution in [0.2, 0.25) is 0 Å². The highest BCUT2D eigenvalue weighted by atomic mass is 16.5. The van der Waals surface area contributed by atoms with Crippen LogP contribution in [0.1, 0.15) is 36.0 Å². The maximum Gasteiger partial charge on any atom is 0.251 e. The largest absolute Gasteiger partial charge is 0.370 e. The molecule has 5 rings (SSSR count). The van der Waals surface area contributed by atoms with Gasteiger partial charge in [-0.15, -0.1) is 0 Å². The van der Waals surface area contributed by atoms with Crippen LogP contribution in [0.25, 0.3) is 0 Å². The zero-order valence-electron chi connectivity index (χ0n) is 16.3. The van der Waals surface area contributed by atoms with Crippen molar-refractivity contribution in [3.63, 3.8) is 0 Å². The Hall–Kier alpha value is -1.43. The number of amides is 1. The van der Waals surface area contributed by atoms with Crippen LogP contribution in [0.3, 0.4) is 0 Å². The first-order valence-electron chi connectivity index (χ1n) is 10.6. The lowest BCUT2D eigenvalue weighted by Crippen LogP contribution is -2.44. The van der Waals surface area contributed by atoms with E-state index in [1.807, 2.05) is 30.3 Å². The number of piperidine rings is 1. The molecule has 4 aliphatic rings. The fourth-order valence-electron chi connectivity index (χ4n) is 6.04. The Kier molecular flexibility index (Phi) is 4.49. The van der Waals surface area contributed by atoms with Crippen LogP contribution in [0.5, 0.6) is 0 Å². The molecule has 0 saturated carbocycles. The van der Waals surface area contributed by atoms with Gasteiger partial charge < -0.3 is 15.0 Å². The minimum absolute atomic E-state index is 0.0394. The van der Waals surface area contributed by atoms with Gasteiger partial charge in [0.1, 0.15) is 0 Å². The number of likely N-dealkylation sites (tertiary alicyclic amines) is 2. The van der Waals surface area contributed by atoms with Gasteiger partial charge in [0, 0.05) is 43.1 Å². The minimum Gasteiger partial charge on any atom is -0.370 e. The fourth-order valence-corrected chi connectivity index (χ4v) is 6.04. The molecule has 27 heavy (non-hydrogen) atoms. The summed E-state index contributed by atoms with van der Waals surface area (Å²) in [6.45, 7) is 5.41. The summed E-state index contributed by atoms with van der Waals surface area (Å²) < 4.78 is 6.57. The van der Waals surface area contributed by atoms with Gasteiger partial charge in [-0.25, -0.2) is 0 Å².